The summed E-state index contributed by atoms with van der Waals surface area (Å²) in [5.74, 6) is 0. The molecule has 0 aromatic heterocycles. The molecule has 2 fully saturated rings. The number of rotatable bonds is 4. The van der Waals surface area contributed by atoms with Crippen LogP contribution in [0.25, 0.3) is 0 Å². The van der Waals surface area contributed by atoms with Crippen LogP contribution in [-0.2, 0) is 0 Å². The molecule has 0 bridgehead atoms. The molecule has 0 saturated carbocycles. The Labute approximate surface area is 132 Å². The van der Waals surface area contributed by atoms with Gasteiger partial charge < -0.3 is 10.0 Å². The van der Waals surface area contributed by atoms with Gasteiger partial charge in [-0.3, -0.25) is 4.90 Å². The maximum atomic E-state index is 10.4. The van der Waals surface area contributed by atoms with Crippen molar-refractivity contribution in [2.45, 2.75) is 37.8 Å². The molecule has 4 heteroatoms. The molecule has 0 aliphatic carbocycles. The van der Waals surface area contributed by atoms with Gasteiger partial charge in [0.2, 0.25) is 0 Å². The molecule has 1 N–H and O–H groups in total. The van der Waals surface area contributed by atoms with Crippen LogP contribution in [0, 0.1) is 0 Å². The Balaban J connectivity index is 1.53. The average molecular weight is 309 g/mol. The monoisotopic (exact) mass is 308 g/mol. The lowest BCUT2D eigenvalue weighted by atomic mass is 10.1. The first-order valence-electron chi connectivity index (χ1n) is 8.13. The van der Waals surface area contributed by atoms with E-state index in [0.29, 0.717) is 5.02 Å². The van der Waals surface area contributed by atoms with E-state index in [-0.39, 0.29) is 0 Å². The zero-order valence-corrected chi connectivity index (χ0v) is 13.3. The van der Waals surface area contributed by atoms with Crippen molar-refractivity contribution >= 4 is 11.6 Å². The molecule has 2 aliphatic heterocycles. The van der Waals surface area contributed by atoms with E-state index < -0.39 is 6.10 Å². The van der Waals surface area contributed by atoms with E-state index in [2.05, 4.69) is 9.80 Å². The third-order valence-corrected chi connectivity index (χ3v) is 5.21. The second kappa shape index (κ2) is 7.10. The number of aliphatic hydroxyl groups excluding tert-OH is 1. The zero-order valence-electron chi connectivity index (χ0n) is 12.5. The third kappa shape index (κ3) is 3.78. The van der Waals surface area contributed by atoms with Crippen molar-refractivity contribution in [1.82, 2.24) is 9.80 Å². The largest absolute Gasteiger partial charge is 0.388 e. The summed E-state index contributed by atoms with van der Waals surface area (Å²) >= 11 is 6.16. The Morgan fingerprint density at radius 3 is 2.86 bits per heavy atom. The van der Waals surface area contributed by atoms with Gasteiger partial charge in [-0.1, -0.05) is 29.8 Å². The standard InChI is InChI=1S/C17H25ClN2O/c18-16-7-2-1-6-15(16)17(21)8-12-19-9-4-11-20-10-3-5-14(20)13-19/h1-2,6-7,14,17,21H,3-5,8-13H2. The first kappa shape index (κ1) is 15.3. The molecule has 0 spiro atoms. The molecular formula is C17H25ClN2O. The van der Waals surface area contributed by atoms with Gasteiger partial charge in [0.05, 0.1) is 6.10 Å². The van der Waals surface area contributed by atoms with Crippen LogP contribution in [0.4, 0.5) is 0 Å². The molecule has 21 heavy (non-hydrogen) atoms. The van der Waals surface area contributed by atoms with Gasteiger partial charge in [0.1, 0.15) is 0 Å². The van der Waals surface area contributed by atoms with Crippen LogP contribution >= 0.6 is 11.6 Å². The normalized spacial score (nSPS) is 25.5. The SMILES string of the molecule is OC(CCN1CCCN2CCCC2C1)c1ccccc1Cl. The second-order valence-electron chi connectivity index (χ2n) is 6.31. The summed E-state index contributed by atoms with van der Waals surface area (Å²) < 4.78 is 0. The lowest BCUT2D eigenvalue weighted by molar-refractivity contribution is 0.137. The van der Waals surface area contributed by atoms with Crippen molar-refractivity contribution in [2.75, 3.05) is 32.7 Å². The van der Waals surface area contributed by atoms with Gasteiger partial charge in [0.25, 0.3) is 0 Å². The number of hydrogen-bond acceptors (Lipinski definition) is 3. The van der Waals surface area contributed by atoms with E-state index in [1.54, 1.807) is 0 Å². The summed E-state index contributed by atoms with van der Waals surface area (Å²) in [6.45, 7) is 5.79. The Morgan fingerprint density at radius 2 is 2.00 bits per heavy atom. The minimum absolute atomic E-state index is 0.457. The van der Waals surface area contributed by atoms with E-state index in [4.69, 9.17) is 11.6 Å². The Kier molecular flexibility index (Phi) is 5.17. The Hall–Kier alpha value is -0.610. The van der Waals surface area contributed by atoms with Crippen molar-refractivity contribution in [3.63, 3.8) is 0 Å². The fourth-order valence-corrected chi connectivity index (χ4v) is 3.95. The predicted octanol–water partition coefficient (Wildman–Crippen LogP) is 2.93. The van der Waals surface area contributed by atoms with Crippen LogP contribution in [0.5, 0.6) is 0 Å². The summed E-state index contributed by atoms with van der Waals surface area (Å²) in [5, 5.41) is 11.0. The number of halogens is 1. The van der Waals surface area contributed by atoms with E-state index in [1.165, 1.54) is 32.4 Å². The summed E-state index contributed by atoms with van der Waals surface area (Å²) in [6.07, 6.45) is 4.24. The molecule has 2 atom stereocenters. The van der Waals surface area contributed by atoms with Crippen molar-refractivity contribution in [3.05, 3.63) is 34.9 Å². The fourth-order valence-electron chi connectivity index (χ4n) is 3.69. The van der Waals surface area contributed by atoms with Gasteiger partial charge in [-0.25, -0.2) is 0 Å². The molecule has 0 amide bonds. The summed E-state index contributed by atoms with van der Waals surface area (Å²) in [5.41, 5.74) is 0.858. The maximum absolute atomic E-state index is 10.4. The molecule has 2 saturated heterocycles. The molecule has 0 radical (unpaired) electrons. The first-order chi connectivity index (χ1) is 10.2. The number of benzene rings is 1. The molecule has 3 nitrogen and oxygen atoms in total. The molecule has 1 aromatic carbocycles. The maximum Gasteiger partial charge on any atom is 0.0816 e. The average Bonchev–Trinajstić information content (AvgIpc) is 2.83. The smallest absolute Gasteiger partial charge is 0.0816 e. The van der Waals surface area contributed by atoms with Crippen LogP contribution < -0.4 is 0 Å². The summed E-state index contributed by atoms with van der Waals surface area (Å²) in [4.78, 5) is 5.17. The number of fused-ring (bicyclic) bond motifs is 1. The number of aliphatic hydroxyl groups is 1. The highest BCUT2D eigenvalue weighted by molar-refractivity contribution is 6.31. The third-order valence-electron chi connectivity index (χ3n) is 4.87. The predicted molar refractivity (Wildman–Crippen MR) is 86.7 cm³/mol. The van der Waals surface area contributed by atoms with Gasteiger partial charge in [-0.05, 0) is 56.9 Å². The van der Waals surface area contributed by atoms with Gasteiger partial charge >= 0.3 is 0 Å². The number of nitrogens with zero attached hydrogens (tertiary/aromatic N) is 2. The van der Waals surface area contributed by atoms with E-state index in [1.807, 2.05) is 24.3 Å². The minimum atomic E-state index is -0.457. The van der Waals surface area contributed by atoms with Crippen molar-refractivity contribution in [3.8, 4) is 0 Å². The lowest BCUT2D eigenvalue weighted by Gasteiger charge is -2.26. The molecule has 2 unspecified atom stereocenters. The minimum Gasteiger partial charge on any atom is -0.388 e. The Bertz CT molecular complexity index is 468. The van der Waals surface area contributed by atoms with Crippen LogP contribution in [0.2, 0.25) is 5.02 Å². The molecule has 1 aromatic rings. The van der Waals surface area contributed by atoms with Crippen molar-refractivity contribution in [2.24, 2.45) is 0 Å². The van der Waals surface area contributed by atoms with Gasteiger partial charge in [0, 0.05) is 24.2 Å². The van der Waals surface area contributed by atoms with Crippen LogP contribution in [0.1, 0.15) is 37.4 Å². The van der Waals surface area contributed by atoms with E-state index in [9.17, 15) is 5.11 Å². The fraction of sp³-hybridized carbons (Fsp3) is 0.647. The lowest BCUT2D eigenvalue weighted by Crippen LogP contribution is -2.37. The topological polar surface area (TPSA) is 26.7 Å². The highest BCUT2D eigenvalue weighted by atomic mass is 35.5. The highest BCUT2D eigenvalue weighted by Gasteiger charge is 2.28. The summed E-state index contributed by atoms with van der Waals surface area (Å²) in [7, 11) is 0. The molecule has 3 rings (SSSR count). The van der Waals surface area contributed by atoms with Crippen LogP contribution in [0.15, 0.2) is 24.3 Å². The molecule has 116 valence electrons. The number of hydrogen-bond donors (Lipinski definition) is 1. The van der Waals surface area contributed by atoms with Crippen LogP contribution in [0.3, 0.4) is 0 Å². The zero-order chi connectivity index (χ0) is 14.7. The molecule has 2 aliphatic rings. The second-order valence-corrected chi connectivity index (χ2v) is 6.72. The molecule has 2 heterocycles. The quantitative estimate of drug-likeness (QED) is 0.926. The van der Waals surface area contributed by atoms with E-state index >= 15 is 0 Å². The van der Waals surface area contributed by atoms with Crippen molar-refractivity contribution in [1.29, 1.82) is 0 Å². The highest BCUT2D eigenvalue weighted by Crippen LogP contribution is 2.26. The molecular weight excluding hydrogens is 284 g/mol. The van der Waals surface area contributed by atoms with Crippen molar-refractivity contribution < 1.29 is 5.11 Å². The van der Waals surface area contributed by atoms with Crippen LogP contribution in [-0.4, -0.2) is 53.7 Å². The summed E-state index contributed by atoms with van der Waals surface area (Å²) in [6, 6.07) is 8.36. The van der Waals surface area contributed by atoms with Gasteiger partial charge in [0.15, 0.2) is 0 Å². The Morgan fingerprint density at radius 1 is 1.19 bits per heavy atom. The van der Waals surface area contributed by atoms with Gasteiger partial charge in [-0.15, -0.1) is 0 Å². The van der Waals surface area contributed by atoms with E-state index in [0.717, 1.165) is 37.7 Å². The van der Waals surface area contributed by atoms with Gasteiger partial charge in [-0.2, -0.15) is 0 Å². The first-order valence-corrected chi connectivity index (χ1v) is 8.51.